The van der Waals surface area contributed by atoms with Gasteiger partial charge in [-0.05, 0) is 31.7 Å². The number of ether oxygens (including phenoxy) is 1. The van der Waals surface area contributed by atoms with Crippen LogP contribution in [0.15, 0.2) is 9.59 Å². The number of nitrogens with zero attached hydrogens (tertiary/aromatic N) is 1. The smallest absolute Gasteiger partial charge is 0.329 e. The minimum absolute atomic E-state index is 0.271. The molecule has 0 saturated heterocycles. The number of rotatable bonds is 5. The number of aromatic nitrogens is 2. The van der Waals surface area contributed by atoms with Crippen LogP contribution < -0.4 is 16.6 Å². The number of H-pyrrole nitrogens is 1. The van der Waals surface area contributed by atoms with Crippen molar-refractivity contribution in [2.45, 2.75) is 59.3 Å². The molecule has 142 valence electrons. The van der Waals surface area contributed by atoms with Gasteiger partial charge in [0.05, 0.1) is 17.6 Å². The summed E-state index contributed by atoms with van der Waals surface area (Å²) in [5.41, 5.74) is -0.391. The molecule has 1 aliphatic heterocycles. The Bertz CT molecular complexity index is 952. The molecule has 8 heteroatoms. The number of carbonyl (C=O) groups excluding carboxylic acids is 1. The molecule has 2 aromatic heterocycles. The van der Waals surface area contributed by atoms with Crippen LogP contribution in [0, 0.1) is 5.92 Å². The number of hydrogen-bond acceptors (Lipinski definition) is 5. The van der Waals surface area contributed by atoms with Gasteiger partial charge in [0.2, 0.25) is 5.91 Å². The fourth-order valence-electron chi connectivity index (χ4n) is 3.10. The van der Waals surface area contributed by atoms with E-state index in [4.69, 9.17) is 4.74 Å². The second kappa shape index (κ2) is 7.00. The average molecular weight is 379 g/mol. The van der Waals surface area contributed by atoms with Crippen molar-refractivity contribution in [2.24, 2.45) is 5.92 Å². The lowest BCUT2D eigenvalue weighted by Crippen LogP contribution is -2.41. The Morgan fingerprint density at radius 2 is 2.12 bits per heavy atom. The molecule has 0 atom stereocenters. The Kier molecular flexibility index (Phi) is 5.07. The third-order valence-corrected chi connectivity index (χ3v) is 5.68. The molecule has 0 bridgehead atoms. The van der Waals surface area contributed by atoms with Crippen LogP contribution in [0.2, 0.25) is 0 Å². The van der Waals surface area contributed by atoms with Crippen molar-refractivity contribution in [2.75, 3.05) is 6.54 Å². The van der Waals surface area contributed by atoms with Gasteiger partial charge in [-0.15, -0.1) is 11.3 Å². The third-order valence-electron chi connectivity index (χ3n) is 4.56. The van der Waals surface area contributed by atoms with E-state index in [0.29, 0.717) is 35.7 Å². The molecule has 3 rings (SSSR count). The van der Waals surface area contributed by atoms with Gasteiger partial charge in [-0.3, -0.25) is 19.1 Å². The minimum atomic E-state index is -0.555. The molecular weight excluding hydrogens is 354 g/mol. The van der Waals surface area contributed by atoms with Crippen LogP contribution >= 0.6 is 11.3 Å². The highest BCUT2D eigenvalue weighted by Crippen LogP contribution is 2.36. The number of nitrogens with one attached hydrogen (secondary N) is 2. The van der Waals surface area contributed by atoms with E-state index >= 15 is 0 Å². The predicted molar refractivity (Wildman–Crippen MR) is 102 cm³/mol. The van der Waals surface area contributed by atoms with Crippen LogP contribution in [-0.2, 0) is 29.1 Å². The maximum absolute atomic E-state index is 12.9. The SMILES string of the molecule is CC(C)CCNC(=O)Cn1c(=O)[nH]c2sc3c(c2c1=O)CC(C)(C)OC3. The molecule has 0 radical (unpaired) electrons. The lowest BCUT2D eigenvalue weighted by atomic mass is 9.94. The topological polar surface area (TPSA) is 93.2 Å². The molecule has 2 aromatic rings. The maximum atomic E-state index is 12.9. The summed E-state index contributed by atoms with van der Waals surface area (Å²) in [7, 11) is 0. The lowest BCUT2D eigenvalue weighted by molar-refractivity contribution is -0.121. The Balaban J connectivity index is 1.94. The summed E-state index contributed by atoms with van der Waals surface area (Å²) < 4.78 is 6.78. The number of fused-ring (bicyclic) bond motifs is 3. The van der Waals surface area contributed by atoms with E-state index in [2.05, 4.69) is 24.1 Å². The summed E-state index contributed by atoms with van der Waals surface area (Å²) in [6.45, 7) is 8.79. The van der Waals surface area contributed by atoms with Gasteiger partial charge in [-0.25, -0.2) is 4.79 Å². The third kappa shape index (κ3) is 3.76. The molecule has 0 aromatic carbocycles. The molecule has 0 fully saturated rings. The van der Waals surface area contributed by atoms with Crippen molar-refractivity contribution in [1.29, 1.82) is 0 Å². The van der Waals surface area contributed by atoms with Crippen LogP contribution in [0.1, 0.15) is 44.6 Å². The molecule has 2 N–H and O–H groups in total. The number of hydrogen-bond donors (Lipinski definition) is 2. The standard InChI is InChI=1S/C18H25N3O4S/c1-10(2)5-6-19-13(22)8-21-16(23)14-11-7-18(3,4)25-9-12(11)26-15(14)20-17(21)24/h10H,5-9H2,1-4H3,(H,19,22)(H,20,24). The molecule has 0 aliphatic carbocycles. The van der Waals surface area contributed by atoms with Gasteiger partial charge in [0.15, 0.2) is 0 Å². The van der Waals surface area contributed by atoms with E-state index in [0.717, 1.165) is 21.4 Å². The number of aromatic amines is 1. The molecule has 3 heterocycles. The lowest BCUT2D eigenvalue weighted by Gasteiger charge is -2.29. The molecule has 26 heavy (non-hydrogen) atoms. The first-order valence-electron chi connectivity index (χ1n) is 8.86. The van der Waals surface area contributed by atoms with E-state index in [1.165, 1.54) is 11.3 Å². The monoisotopic (exact) mass is 379 g/mol. The maximum Gasteiger partial charge on any atom is 0.329 e. The number of carbonyl (C=O) groups is 1. The van der Waals surface area contributed by atoms with Crippen LogP contribution in [-0.4, -0.2) is 27.6 Å². The van der Waals surface area contributed by atoms with Crippen molar-refractivity contribution < 1.29 is 9.53 Å². The van der Waals surface area contributed by atoms with Crippen molar-refractivity contribution in [1.82, 2.24) is 14.9 Å². The van der Waals surface area contributed by atoms with E-state index in [-0.39, 0.29) is 18.1 Å². The zero-order valence-electron chi connectivity index (χ0n) is 15.6. The molecular formula is C18H25N3O4S. The highest BCUT2D eigenvalue weighted by atomic mass is 32.1. The normalized spacial score (nSPS) is 16.0. The van der Waals surface area contributed by atoms with E-state index in [1.807, 2.05) is 13.8 Å². The summed E-state index contributed by atoms with van der Waals surface area (Å²) in [6, 6.07) is 0. The van der Waals surface area contributed by atoms with Crippen LogP contribution in [0.4, 0.5) is 0 Å². The number of thiophene rings is 1. The fourth-order valence-corrected chi connectivity index (χ4v) is 4.22. The molecule has 0 saturated carbocycles. The summed E-state index contributed by atoms with van der Waals surface area (Å²) >= 11 is 1.38. The van der Waals surface area contributed by atoms with Crippen molar-refractivity contribution in [3.05, 3.63) is 31.3 Å². The van der Waals surface area contributed by atoms with Crippen molar-refractivity contribution in [3.63, 3.8) is 0 Å². The van der Waals surface area contributed by atoms with Gasteiger partial charge < -0.3 is 10.1 Å². The van der Waals surface area contributed by atoms with Crippen LogP contribution in [0.25, 0.3) is 10.2 Å². The zero-order valence-corrected chi connectivity index (χ0v) is 16.4. The van der Waals surface area contributed by atoms with Crippen molar-refractivity contribution in [3.8, 4) is 0 Å². The quantitative estimate of drug-likeness (QED) is 0.828. The van der Waals surface area contributed by atoms with E-state index in [9.17, 15) is 14.4 Å². The minimum Gasteiger partial charge on any atom is -0.370 e. The van der Waals surface area contributed by atoms with Gasteiger partial charge in [0, 0.05) is 17.8 Å². The van der Waals surface area contributed by atoms with Gasteiger partial charge in [-0.2, -0.15) is 0 Å². The Labute approximate surface area is 155 Å². The highest BCUT2D eigenvalue weighted by molar-refractivity contribution is 7.18. The van der Waals surface area contributed by atoms with E-state index in [1.54, 1.807) is 0 Å². The van der Waals surface area contributed by atoms with Gasteiger partial charge in [0.1, 0.15) is 11.4 Å². The molecule has 0 unspecified atom stereocenters. The second-order valence-corrected chi connectivity index (χ2v) is 8.89. The average Bonchev–Trinajstić information content (AvgIpc) is 2.87. The summed E-state index contributed by atoms with van der Waals surface area (Å²) in [4.78, 5) is 41.7. The summed E-state index contributed by atoms with van der Waals surface area (Å²) in [6.07, 6.45) is 1.45. The first kappa shape index (κ1) is 18.8. The van der Waals surface area contributed by atoms with Gasteiger partial charge in [-0.1, -0.05) is 13.8 Å². The van der Waals surface area contributed by atoms with Crippen LogP contribution in [0.5, 0.6) is 0 Å². The zero-order chi connectivity index (χ0) is 19.1. The van der Waals surface area contributed by atoms with Crippen LogP contribution in [0.3, 0.4) is 0 Å². The summed E-state index contributed by atoms with van der Waals surface area (Å²) in [5.74, 6) is 0.144. The highest BCUT2D eigenvalue weighted by Gasteiger charge is 2.31. The van der Waals surface area contributed by atoms with Gasteiger partial charge in [0.25, 0.3) is 5.56 Å². The first-order valence-corrected chi connectivity index (χ1v) is 9.67. The predicted octanol–water partition coefficient (Wildman–Crippen LogP) is 1.76. The largest absolute Gasteiger partial charge is 0.370 e. The van der Waals surface area contributed by atoms with E-state index < -0.39 is 11.2 Å². The second-order valence-electron chi connectivity index (χ2n) is 7.79. The Morgan fingerprint density at radius 3 is 2.81 bits per heavy atom. The molecule has 0 spiro atoms. The number of amides is 1. The summed E-state index contributed by atoms with van der Waals surface area (Å²) in [5, 5.41) is 3.28. The van der Waals surface area contributed by atoms with Crippen molar-refractivity contribution >= 4 is 27.5 Å². The Hall–Kier alpha value is -1.93. The Morgan fingerprint density at radius 1 is 1.38 bits per heavy atom. The molecule has 7 nitrogen and oxygen atoms in total. The van der Waals surface area contributed by atoms with Gasteiger partial charge >= 0.3 is 5.69 Å². The first-order chi connectivity index (χ1) is 12.2. The molecule has 1 amide bonds. The molecule has 1 aliphatic rings. The fraction of sp³-hybridized carbons (Fsp3) is 0.611.